The van der Waals surface area contributed by atoms with Gasteiger partial charge < -0.3 is 4.74 Å². The van der Waals surface area contributed by atoms with Crippen molar-refractivity contribution in [3.05, 3.63) is 28.0 Å². The van der Waals surface area contributed by atoms with Gasteiger partial charge in [-0.25, -0.2) is 14.8 Å². The minimum Gasteiger partial charge on any atom is -0.460 e. The zero-order chi connectivity index (χ0) is 11.7. The summed E-state index contributed by atoms with van der Waals surface area (Å²) >= 11 is 8.99. The Hall–Kier alpha value is -1.14. The van der Waals surface area contributed by atoms with Crippen LogP contribution in [0.4, 0.5) is 0 Å². The van der Waals surface area contributed by atoms with E-state index in [-0.39, 0.29) is 11.0 Å². The lowest BCUT2D eigenvalue weighted by Crippen LogP contribution is -2.09. The van der Waals surface area contributed by atoms with Crippen molar-refractivity contribution in [3.63, 3.8) is 0 Å². The normalized spacial score (nSPS) is 10.7. The van der Waals surface area contributed by atoms with Crippen LogP contribution in [0.5, 0.6) is 0 Å². The SMILES string of the molecule is CCOC(=O)c1nc(Br)c2cnc(Cl)cn12. The van der Waals surface area contributed by atoms with Crippen LogP contribution >= 0.6 is 27.5 Å². The highest BCUT2D eigenvalue weighted by Gasteiger charge is 2.17. The van der Waals surface area contributed by atoms with E-state index in [0.29, 0.717) is 16.7 Å². The van der Waals surface area contributed by atoms with Gasteiger partial charge in [-0.1, -0.05) is 11.6 Å². The summed E-state index contributed by atoms with van der Waals surface area (Å²) in [7, 11) is 0. The predicted octanol–water partition coefficient (Wildman–Crippen LogP) is 2.32. The van der Waals surface area contributed by atoms with Gasteiger partial charge in [-0.05, 0) is 22.9 Å². The van der Waals surface area contributed by atoms with Gasteiger partial charge in [0.05, 0.1) is 18.3 Å². The third kappa shape index (κ3) is 1.90. The predicted molar refractivity (Wildman–Crippen MR) is 61.7 cm³/mol. The third-order valence-corrected chi connectivity index (χ3v) is 2.69. The van der Waals surface area contributed by atoms with Gasteiger partial charge in [0, 0.05) is 6.20 Å². The highest BCUT2D eigenvalue weighted by molar-refractivity contribution is 9.10. The quantitative estimate of drug-likeness (QED) is 0.799. The van der Waals surface area contributed by atoms with Crippen LogP contribution in [0.3, 0.4) is 0 Å². The smallest absolute Gasteiger partial charge is 0.374 e. The molecule has 0 unspecified atom stereocenters. The molecule has 0 saturated carbocycles. The Bertz CT molecular complexity index is 555. The average Bonchev–Trinajstić information content (AvgIpc) is 2.56. The van der Waals surface area contributed by atoms with Gasteiger partial charge in [-0.15, -0.1) is 0 Å². The molecule has 2 aromatic rings. The van der Waals surface area contributed by atoms with Crippen LogP contribution in [0.2, 0.25) is 5.15 Å². The molecule has 84 valence electrons. The summed E-state index contributed by atoms with van der Waals surface area (Å²) in [6.07, 6.45) is 3.04. The first kappa shape index (κ1) is 11.3. The number of fused-ring (bicyclic) bond motifs is 1. The van der Waals surface area contributed by atoms with Gasteiger partial charge in [0.1, 0.15) is 9.76 Å². The third-order valence-electron chi connectivity index (χ3n) is 1.91. The van der Waals surface area contributed by atoms with Crippen LogP contribution in [-0.4, -0.2) is 26.9 Å². The van der Waals surface area contributed by atoms with Gasteiger partial charge in [0.25, 0.3) is 0 Å². The zero-order valence-corrected chi connectivity index (χ0v) is 10.6. The van der Waals surface area contributed by atoms with Crippen LogP contribution in [0, 0.1) is 0 Å². The molecule has 0 fully saturated rings. The first-order chi connectivity index (χ1) is 7.63. The van der Waals surface area contributed by atoms with E-state index in [1.54, 1.807) is 6.92 Å². The lowest BCUT2D eigenvalue weighted by molar-refractivity contribution is 0.0511. The van der Waals surface area contributed by atoms with Gasteiger partial charge in [0.15, 0.2) is 0 Å². The molecule has 0 saturated heterocycles. The highest BCUT2D eigenvalue weighted by Crippen LogP contribution is 2.20. The summed E-state index contributed by atoms with van der Waals surface area (Å²) < 4.78 is 6.95. The lowest BCUT2D eigenvalue weighted by atomic mass is 10.5. The molecule has 2 rings (SSSR count). The van der Waals surface area contributed by atoms with E-state index in [1.807, 2.05) is 0 Å². The fourth-order valence-electron chi connectivity index (χ4n) is 1.27. The summed E-state index contributed by atoms with van der Waals surface area (Å²) in [5.41, 5.74) is 0.660. The van der Waals surface area contributed by atoms with E-state index in [2.05, 4.69) is 25.9 Å². The maximum absolute atomic E-state index is 11.6. The van der Waals surface area contributed by atoms with Crippen molar-refractivity contribution in [2.75, 3.05) is 6.61 Å². The second kappa shape index (κ2) is 4.39. The maximum atomic E-state index is 11.6. The van der Waals surface area contributed by atoms with Crippen molar-refractivity contribution in [1.82, 2.24) is 14.4 Å². The van der Waals surface area contributed by atoms with E-state index >= 15 is 0 Å². The Morgan fingerprint density at radius 1 is 1.69 bits per heavy atom. The summed E-state index contributed by atoms with van der Waals surface area (Å²) in [6.45, 7) is 2.03. The lowest BCUT2D eigenvalue weighted by Gasteiger charge is -2.00. The second-order valence-corrected chi connectivity index (χ2v) is 4.05. The number of ether oxygens (including phenoxy) is 1. The van der Waals surface area contributed by atoms with Crippen molar-refractivity contribution < 1.29 is 9.53 Å². The molecule has 0 amide bonds. The maximum Gasteiger partial charge on any atom is 0.374 e. The second-order valence-electron chi connectivity index (χ2n) is 2.91. The molecule has 0 N–H and O–H groups in total. The molecule has 16 heavy (non-hydrogen) atoms. The first-order valence-corrected chi connectivity index (χ1v) is 5.66. The van der Waals surface area contributed by atoms with Crippen molar-refractivity contribution in [1.29, 1.82) is 0 Å². The largest absolute Gasteiger partial charge is 0.460 e. The monoisotopic (exact) mass is 303 g/mol. The number of aromatic nitrogens is 3. The number of nitrogens with zero attached hydrogens (tertiary/aromatic N) is 3. The van der Waals surface area contributed by atoms with Gasteiger partial charge in [0.2, 0.25) is 5.82 Å². The molecule has 5 nitrogen and oxygen atoms in total. The fourth-order valence-corrected chi connectivity index (χ4v) is 1.87. The minimum absolute atomic E-state index is 0.174. The Morgan fingerprint density at radius 2 is 2.44 bits per heavy atom. The standard InChI is InChI=1S/C9H7BrClN3O2/c1-2-16-9(15)8-13-7(10)5-3-12-6(11)4-14(5)8/h3-4H,2H2,1H3. The molecule has 0 bridgehead atoms. The molecule has 0 atom stereocenters. The van der Waals surface area contributed by atoms with Gasteiger partial charge in [-0.2, -0.15) is 0 Å². The van der Waals surface area contributed by atoms with Crippen LogP contribution in [-0.2, 0) is 4.74 Å². The Balaban J connectivity index is 2.61. The molecule has 7 heteroatoms. The first-order valence-electron chi connectivity index (χ1n) is 4.49. The highest BCUT2D eigenvalue weighted by atomic mass is 79.9. The number of carbonyl (C=O) groups excluding carboxylic acids is 1. The summed E-state index contributed by atoms with van der Waals surface area (Å²) in [5.74, 6) is -0.321. The zero-order valence-electron chi connectivity index (χ0n) is 8.28. The van der Waals surface area contributed by atoms with Gasteiger partial charge >= 0.3 is 5.97 Å². The number of esters is 1. The molecule has 0 aliphatic rings. The molecule has 0 aromatic carbocycles. The van der Waals surface area contributed by atoms with E-state index in [1.165, 1.54) is 16.8 Å². The van der Waals surface area contributed by atoms with E-state index in [9.17, 15) is 4.79 Å². The van der Waals surface area contributed by atoms with E-state index in [4.69, 9.17) is 16.3 Å². The van der Waals surface area contributed by atoms with Crippen LogP contribution in [0.15, 0.2) is 17.0 Å². The van der Waals surface area contributed by atoms with Crippen LogP contribution in [0.25, 0.3) is 5.52 Å². The fraction of sp³-hybridized carbons (Fsp3) is 0.222. The molecule has 0 spiro atoms. The number of hydrogen-bond acceptors (Lipinski definition) is 4. The average molecular weight is 305 g/mol. The molecule has 0 aliphatic carbocycles. The van der Waals surface area contributed by atoms with E-state index in [0.717, 1.165) is 0 Å². The summed E-state index contributed by atoms with van der Waals surface area (Å²) in [4.78, 5) is 19.6. The number of imidazole rings is 1. The van der Waals surface area contributed by atoms with Crippen LogP contribution < -0.4 is 0 Å². The molecular weight excluding hydrogens is 297 g/mol. The van der Waals surface area contributed by atoms with Crippen molar-refractivity contribution in [2.45, 2.75) is 6.92 Å². The minimum atomic E-state index is -0.495. The number of carbonyl (C=O) groups is 1. The Labute approximate surface area is 105 Å². The number of rotatable bonds is 2. The molecule has 0 aliphatic heterocycles. The molecule has 2 heterocycles. The topological polar surface area (TPSA) is 56.5 Å². The van der Waals surface area contributed by atoms with Crippen molar-refractivity contribution in [3.8, 4) is 0 Å². The number of halogens is 2. The van der Waals surface area contributed by atoms with Crippen molar-refractivity contribution in [2.24, 2.45) is 0 Å². The summed E-state index contributed by atoms with van der Waals surface area (Å²) in [5, 5.41) is 0.281. The van der Waals surface area contributed by atoms with Crippen LogP contribution in [0.1, 0.15) is 17.5 Å². The van der Waals surface area contributed by atoms with Crippen molar-refractivity contribution >= 4 is 39.0 Å². The molecule has 2 aromatic heterocycles. The van der Waals surface area contributed by atoms with Gasteiger partial charge in [-0.3, -0.25) is 4.40 Å². The molecular formula is C9H7BrClN3O2. The molecule has 0 radical (unpaired) electrons. The Morgan fingerprint density at radius 3 is 3.12 bits per heavy atom. The number of hydrogen-bond donors (Lipinski definition) is 0. The van der Waals surface area contributed by atoms with E-state index < -0.39 is 5.97 Å². The Kier molecular flexibility index (Phi) is 3.11. The summed E-state index contributed by atoms with van der Waals surface area (Å²) in [6, 6.07) is 0.